The zero-order valence-corrected chi connectivity index (χ0v) is 10.6. The lowest BCUT2D eigenvalue weighted by Gasteiger charge is -2.16. The highest BCUT2D eigenvalue weighted by Crippen LogP contribution is 2.17. The second-order valence-electron chi connectivity index (χ2n) is 3.37. The van der Waals surface area contributed by atoms with Gasteiger partial charge in [-0.15, -0.1) is 28.3 Å². The van der Waals surface area contributed by atoms with Crippen molar-refractivity contribution in [2.45, 2.75) is 20.3 Å². The summed E-state index contributed by atoms with van der Waals surface area (Å²) in [6.45, 7) is 5.19. The van der Waals surface area contributed by atoms with E-state index in [1.165, 1.54) is 5.01 Å². The van der Waals surface area contributed by atoms with Crippen molar-refractivity contribution in [3.8, 4) is 0 Å². The summed E-state index contributed by atoms with van der Waals surface area (Å²) in [7, 11) is 0. The molecule has 76 valence electrons. The van der Waals surface area contributed by atoms with E-state index >= 15 is 0 Å². The van der Waals surface area contributed by atoms with E-state index in [0.717, 1.165) is 13.0 Å². The van der Waals surface area contributed by atoms with Crippen molar-refractivity contribution >= 4 is 28.3 Å². The molecule has 0 aliphatic rings. The zero-order valence-electron chi connectivity index (χ0n) is 8.06. The summed E-state index contributed by atoms with van der Waals surface area (Å²) in [5.74, 6) is 1.23. The molecule has 1 aromatic rings. The van der Waals surface area contributed by atoms with E-state index in [1.807, 2.05) is 11.6 Å². The summed E-state index contributed by atoms with van der Waals surface area (Å²) in [4.78, 5) is 4.25. The van der Waals surface area contributed by atoms with Crippen LogP contribution in [0.25, 0.3) is 0 Å². The Kier molecular flexibility index (Phi) is 6.55. The van der Waals surface area contributed by atoms with Crippen molar-refractivity contribution in [3.05, 3.63) is 16.6 Å². The number of rotatable bonds is 4. The van der Waals surface area contributed by atoms with Crippen LogP contribution in [0.4, 0.5) is 0 Å². The van der Waals surface area contributed by atoms with Crippen LogP contribution >= 0.6 is 28.3 Å². The first-order valence-corrected chi connectivity index (χ1v) is 5.20. The fourth-order valence-corrected chi connectivity index (χ4v) is 1.88. The molecule has 2 N–H and O–H groups in total. The van der Waals surface area contributed by atoms with Crippen LogP contribution in [0.3, 0.4) is 0 Å². The van der Waals surface area contributed by atoms with Gasteiger partial charge in [0.15, 0.2) is 0 Å². The Labute approximate surface area is 94.3 Å². The largest absolute Gasteiger partial charge is 0.330 e. The highest BCUT2D eigenvalue weighted by atomic mass is 79.9. The minimum Gasteiger partial charge on any atom is -0.330 e. The van der Waals surface area contributed by atoms with E-state index in [0.29, 0.717) is 11.8 Å². The van der Waals surface area contributed by atoms with Crippen LogP contribution in [0.5, 0.6) is 0 Å². The van der Waals surface area contributed by atoms with Gasteiger partial charge < -0.3 is 5.73 Å². The molecule has 0 saturated heterocycles. The number of hydrogen-bond acceptors (Lipinski definition) is 3. The number of nitrogens with two attached hydrogens (primary N) is 1. The standard InChI is InChI=1S/C9H16N2S.BrH/c1-7(2)8(6-10)5-9-11-3-4-12-9;/h3-4,7-8H,5-6,10H2,1-2H3;1H/t8-;/m0./s1. The monoisotopic (exact) mass is 264 g/mol. The smallest absolute Gasteiger partial charge is 0.0928 e. The predicted octanol–water partition coefficient (Wildman–Crippen LogP) is 2.49. The Morgan fingerprint density at radius 2 is 2.23 bits per heavy atom. The fourth-order valence-electron chi connectivity index (χ4n) is 1.17. The molecule has 1 atom stereocenters. The molecular formula is C9H17BrN2S. The molecule has 0 amide bonds. The molecule has 2 nitrogen and oxygen atoms in total. The minimum absolute atomic E-state index is 0. The molecule has 13 heavy (non-hydrogen) atoms. The molecule has 1 aromatic heterocycles. The molecule has 0 saturated carbocycles. The van der Waals surface area contributed by atoms with Gasteiger partial charge in [0.05, 0.1) is 5.01 Å². The Hall–Kier alpha value is 0.0700. The molecule has 0 aliphatic heterocycles. The van der Waals surface area contributed by atoms with Crippen LogP contribution in [-0.4, -0.2) is 11.5 Å². The molecule has 1 heterocycles. The lowest BCUT2D eigenvalue weighted by molar-refractivity contribution is 0.391. The van der Waals surface area contributed by atoms with Gasteiger partial charge in [0, 0.05) is 18.0 Å². The number of halogens is 1. The second-order valence-corrected chi connectivity index (χ2v) is 4.35. The lowest BCUT2D eigenvalue weighted by atomic mass is 9.93. The van der Waals surface area contributed by atoms with Gasteiger partial charge in [-0.05, 0) is 18.4 Å². The second kappa shape index (κ2) is 6.51. The van der Waals surface area contributed by atoms with Gasteiger partial charge in [0.25, 0.3) is 0 Å². The summed E-state index contributed by atoms with van der Waals surface area (Å²) in [6, 6.07) is 0. The molecule has 4 heteroatoms. The quantitative estimate of drug-likeness (QED) is 0.908. The molecule has 0 bridgehead atoms. The van der Waals surface area contributed by atoms with E-state index in [-0.39, 0.29) is 17.0 Å². The average Bonchev–Trinajstić information content (AvgIpc) is 2.51. The fraction of sp³-hybridized carbons (Fsp3) is 0.667. The van der Waals surface area contributed by atoms with Gasteiger partial charge in [0.2, 0.25) is 0 Å². The lowest BCUT2D eigenvalue weighted by Crippen LogP contribution is -2.21. The topological polar surface area (TPSA) is 38.9 Å². The van der Waals surface area contributed by atoms with Gasteiger partial charge in [-0.2, -0.15) is 0 Å². The molecular weight excluding hydrogens is 248 g/mol. The molecule has 0 unspecified atom stereocenters. The first kappa shape index (κ1) is 13.1. The van der Waals surface area contributed by atoms with Crippen LogP contribution in [0, 0.1) is 11.8 Å². The van der Waals surface area contributed by atoms with Crippen LogP contribution in [0.2, 0.25) is 0 Å². The van der Waals surface area contributed by atoms with Crippen molar-refractivity contribution in [1.29, 1.82) is 0 Å². The van der Waals surface area contributed by atoms with Crippen molar-refractivity contribution < 1.29 is 0 Å². The summed E-state index contributed by atoms with van der Waals surface area (Å²) >= 11 is 1.72. The Morgan fingerprint density at radius 3 is 2.62 bits per heavy atom. The van der Waals surface area contributed by atoms with E-state index in [2.05, 4.69) is 18.8 Å². The van der Waals surface area contributed by atoms with Gasteiger partial charge in [-0.1, -0.05) is 13.8 Å². The predicted molar refractivity (Wildman–Crippen MR) is 63.5 cm³/mol. The van der Waals surface area contributed by atoms with Gasteiger partial charge in [-0.3, -0.25) is 0 Å². The van der Waals surface area contributed by atoms with Crippen LogP contribution < -0.4 is 5.73 Å². The normalized spacial score (nSPS) is 12.6. The van der Waals surface area contributed by atoms with Crippen molar-refractivity contribution in [1.82, 2.24) is 4.98 Å². The molecule has 0 radical (unpaired) electrons. The Bertz CT molecular complexity index is 211. The minimum atomic E-state index is 0. The summed E-state index contributed by atoms with van der Waals surface area (Å²) in [6.07, 6.45) is 2.89. The van der Waals surface area contributed by atoms with Crippen LogP contribution in [0.15, 0.2) is 11.6 Å². The zero-order chi connectivity index (χ0) is 8.97. The third-order valence-electron chi connectivity index (χ3n) is 2.17. The number of aromatic nitrogens is 1. The van der Waals surface area contributed by atoms with Gasteiger partial charge in [-0.25, -0.2) is 4.98 Å². The third-order valence-corrected chi connectivity index (χ3v) is 2.97. The summed E-state index contributed by atoms with van der Waals surface area (Å²) < 4.78 is 0. The van der Waals surface area contributed by atoms with Gasteiger partial charge >= 0.3 is 0 Å². The maximum atomic E-state index is 5.67. The average molecular weight is 265 g/mol. The van der Waals surface area contributed by atoms with E-state index in [1.54, 1.807) is 11.3 Å². The molecule has 1 rings (SSSR count). The third kappa shape index (κ3) is 4.20. The molecule has 0 spiro atoms. The van der Waals surface area contributed by atoms with Crippen molar-refractivity contribution in [2.75, 3.05) is 6.54 Å². The molecule has 0 aromatic carbocycles. The maximum absolute atomic E-state index is 5.67. The summed E-state index contributed by atoms with van der Waals surface area (Å²) in [5, 5.41) is 3.22. The molecule has 0 aliphatic carbocycles. The highest BCUT2D eigenvalue weighted by molar-refractivity contribution is 8.93. The van der Waals surface area contributed by atoms with Crippen molar-refractivity contribution in [2.24, 2.45) is 17.6 Å². The van der Waals surface area contributed by atoms with Crippen LogP contribution in [-0.2, 0) is 6.42 Å². The maximum Gasteiger partial charge on any atom is 0.0928 e. The first-order chi connectivity index (χ1) is 5.74. The number of thiazole rings is 1. The Morgan fingerprint density at radius 1 is 1.54 bits per heavy atom. The van der Waals surface area contributed by atoms with Crippen molar-refractivity contribution in [3.63, 3.8) is 0 Å². The van der Waals surface area contributed by atoms with Crippen LogP contribution in [0.1, 0.15) is 18.9 Å². The summed E-state index contributed by atoms with van der Waals surface area (Å²) in [5.41, 5.74) is 5.67. The Balaban J connectivity index is 0.00000144. The van der Waals surface area contributed by atoms with E-state index < -0.39 is 0 Å². The van der Waals surface area contributed by atoms with Gasteiger partial charge in [0.1, 0.15) is 0 Å². The number of hydrogen-bond donors (Lipinski definition) is 1. The van der Waals surface area contributed by atoms with E-state index in [9.17, 15) is 0 Å². The first-order valence-electron chi connectivity index (χ1n) is 4.32. The SMILES string of the molecule is Br.CC(C)[C@H](CN)Cc1nccs1. The van der Waals surface area contributed by atoms with E-state index in [4.69, 9.17) is 5.73 Å². The number of nitrogens with zero attached hydrogens (tertiary/aromatic N) is 1. The highest BCUT2D eigenvalue weighted by Gasteiger charge is 2.12. The molecule has 0 fully saturated rings.